The van der Waals surface area contributed by atoms with Crippen molar-refractivity contribution in [3.63, 3.8) is 0 Å². The van der Waals surface area contributed by atoms with E-state index in [4.69, 9.17) is 5.11 Å². The van der Waals surface area contributed by atoms with E-state index < -0.39 is 5.97 Å². The molecule has 0 bridgehead atoms. The van der Waals surface area contributed by atoms with Crippen LogP contribution in [0.15, 0.2) is 24.3 Å². The standard InChI is InChI=1S/C14H19NO2S/c1-11-4-2-3-5-12(11)9-15-6-7-18-13(10-15)8-14(16)17/h2-5,13H,6-10H2,1H3,(H,16,17). The minimum Gasteiger partial charge on any atom is -0.481 e. The van der Waals surface area contributed by atoms with Gasteiger partial charge in [-0.05, 0) is 18.1 Å². The van der Waals surface area contributed by atoms with Crippen LogP contribution in [-0.2, 0) is 11.3 Å². The van der Waals surface area contributed by atoms with E-state index in [2.05, 4.69) is 36.1 Å². The number of thioether (sulfide) groups is 1. The third kappa shape index (κ3) is 3.75. The first kappa shape index (κ1) is 13.4. The van der Waals surface area contributed by atoms with Gasteiger partial charge in [-0.1, -0.05) is 24.3 Å². The van der Waals surface area contributed by atoms with Gasteiger partial charge in [-0.2, -0.15) is 11.8 Å². The topological polar surface area (TPSA) is 40.5 Å². The Morgan fingerprint density at radius 2 is 2.28 bits per heavy atom. The third-order valence-corrected chi connectivity index (χ3v) is 4.49. The number of aliphatic carboxylic acids is 1. The molecule has 0 amide bonds. The predicted octanol–water partition coefficient (Wildman–Crippen LogP) is 2.39. The number of aryl methyl sites for hydroxylation is 1. The molecule has 1 aliphatic rings. The van der Waals surface area contributed by atoms with Crippen LogP contribution >= 0.6 is 11.8 Å². The molecule has 0 radical (unpaired) electrons. The number of rotatable bonds is 4. The zero-order chi connectivity index (χ0) is 13.0. The molecule has 0 aliphatic carbocycles. The first-order valence-corrected chi connectivity index (χ1v) is 7.30. The van der Waals surface area contributed by atoms with Gasteiger partial charge in [-0.15, -0.1) is 0 Å². The van der Waals surface area contributed by atoms with E-state index in [1.807, 2.05) is 0 Å². The summed E-state index contributed by atoms with van der Waals surface area (Å²) in [5, 5.41) is 9.09. The minimum absolute atomic E-state index is 0.236. The second-order valence-electron chi connectivity index (χ2n) is 4.75. The Bertz CT molecular complexity index is 422. The monoisotopic (exact) mass is 265 g/mol. The second kappa shape index (κ2) is 6.25. The predicted molar refractivity (Wildman–Crippen MR) is 75.0 cm³/mol. The van der Waals surface area contributed by atoms with Gasteiger partial charge in [0.1, 0.15) is 0 Å². The fraction of sp³-hybridized carbons (Fsp3) is 0.500. The van der Waals surface area contributed by atoms with Gasteiger partial charge in [0.05, 0.1) is 6.42 Å². The SMILES string of the molecule is Cc1ccccc1CN1CCSC(CC(=O)O)C1. The summed E-state index contributed by atoms with van der Waals surface area (Å²) in [4.78, 5) is 13.1. The highest BCUT2D eigenvalue weighted by Crippen LogP contribution is 2.23. The smallest absolute Gasteiger partial charge is 0.304 e. The Morgan fingerprint density at radius 3 is 3.00 bits per heavy atom. The molecule has 0 aromatic heterocycles. The fourth-order valence-electron chi connectivity index (χ4n) is 2.27. The number of benzene rings is 1. The highest BCUT2D eigenvalue weighted by molar-refractivity contribution is 8.00. The highest BCUT2D eigenvalue weighted by Gasteiger charge is 2.22. The molecule has 18 heavy (non-hydrogen) atoms. The molecule has 1 unspecified atom stereocenters. The quantitative estimate of drug-likeness (QED) is 0.907. The van der Waals surface area contributed by atoms with Crippen molar-refractivity contribution in [3.8, 4) is 0 Å². The van der Waals surface area contributed by atoms with Crippen LogP contribution in [0.3, 0.4) is 0 Å². The molecule has 1 heterocycles. The Labute approximate surface area is 112 Å². The summed E-state index contributed by atoms with van der Waals surface area (Å²) in [7, 11) is 0. The van der Waals surface area contributed by atoms with Crippen molar-refractivity contribution >= 4 is 17.7 Å². The Balaban J connectivity index is 1.93. The average molecular weight is 265 g/mol. The van der Waals surface area contributed by atoms with Crippen LogP contribution in [0.25, 0.3) is 0 Å². The number of carboxylic acids is 1. The number of hydrogen-bond donors (Lipinski definition) is 1. The Kier molecular flexibility index (Phi) is 4.66. The molecular weight excluding hydrogens is 246 g/mol. The van der Waals surface area contributed by atoms with Crippen LogP contribution in [0.4, 0.5) is 0 Å². The molecule has 0 spiro atoms. The van der Waals surface area contributed by atoms with E-state index in [-0.39, 0.29) is 11.7 Å². The fourth-order valence-corrected chi connectivity index (χ4v) is 3.54. The maximum absolute atomic E-state index is 10.8. The highest BCUT2D eigenvalue weighted by atomic mass is 32.2. The van der Waals surface area contributed by atoms with Crippen molar-refractivity contribution in [2.75, 3.05) is 18.8 Å². The number of carbonyl (C=O) groups is 1. The maximum atomic E-state index is 10.8. The van der Waals surface area contributed by atoms with Gasteiger partial charge >= 0.3 is 5.97 Å². The summed E-state index contributed by atoms with van der Waals surface area (Å²) in [5.74, 6) is 0.342. The molecular formula is C14H19NO2S. The minimum atomic E-state index is -0.690. The number of carboxylic acid groups (broad SMARTS) is 1. The Hall–Kier alpha value is -1.00. The normalized spacial score (nSPS) is 20.8. The average Bonchev–Trinajstić information content (AvgIpc) is 2.32. The molecule has 0 saturated carbocycles. The van der Waals surface area contributed by atoms with Crippen LogP contribution in [0.1, 0.15) is 17.5 Å². The van der Waals surface area contributed by atoms with Crippen LogP contribution in [-0.4, -0.2) is 40.1 Å². The summed E-state index contributed by atoms with van der Waals surface area (Å²) < 4.78 is 0. The van der Waals surface area contributed by atoms with E-state index in [9.17, 15) is 4.79 Å². The van der Waals surface area contributed by atoms with Gasteiger partial charge < -0.3 is 5.11 Å². The van der Waals surface area contributed by atoms with Crippen molar-refractivity contribution in [3.05, 3.63) is 35.4 Å². The first-order chi connectivity index (χ1) is 8.65. The molecule has 1 aliphatic heterocycles. The largest absolute Gasteiger partial charge is 0.481 e. The van der Waals surface area contributed by atoms with Gasteiger partial charge in [0, 0.05) is 30.6 Å². The molecule has 1 N–H and O–H groups in total. The van der Waals surface area contributed by atoms with Crippen LogP contribution in [0.2, 0.25) is 0 Å². The van der Waals surface area contributed by atoms with Crippen molar-refractivity contribution in [1.82, 2.24) is 4.90 Å². The lowest BCUT2D eigenvalue weighted by atomic mass is 10.1. The summed E-state index contributed by atoms with van der Waals surface area (Å²) in [6.45, 7) is 4.99. The molecule has 1 aromatic rings. The van der Waals surface area contributed by atoms with Crippen molar-refractivity contribution in [2.45, 2.75) is 25.1 Å². The zero-order valence-corrected chi connectivity index (χ0v) is 11.4. The van der Waals surface area contributed by atoms with Gasteiger partial charge in [0.25, 0.3) is 0 Å². The second-order valence-corrected chi connectivity index (χ2v) is 6.16. The lowest BCUT2D eigenvalue weighted by Gasteiger charge is -2.32. The lowest BCUT2D eigenvalue weighted by molar-refractivity contribution is -0.137. The molecule has 1 fully saturated rings. The summed E-state index contributed by atoms with van der Waals surface area (Å²) in [6.07, 6.45) is 0.273. The molecule has 98 valence electrons. The molecule has 1 saturated heterocycles. The molecule has 3 nitrogen and oxygen atoms in total. The van der Waals surface area contributed by atoms with Gasteiger partial charge in [-0.3, -0.25) is 9.69 Å². The van der Waals surface area contributed by atoms with Gasteiger partial charge in [-0.25, -0.2) is 0 Å². The maximum Gasteiger partial charge on any atom is 0.304 e. The van der Waals surface area contributed by atoms with E-state index in [0.29, 0.717) is 0 Å². The molecule has 1 aromatic carbocycles. The van der Waals surface area contributed by atoms with Crippen LogP contribution in [0.5, 0.6) is 0 Å². The van der Waals surface area contributed by atoms with Gasteiger partial charge in [0.15, 0.2) is 0 Å². The van der Waals surface area contributed by atoms with Crippen LogP contribution < -0.4 is 0 Å². The van der Waals surface area contributed by atoms with Crippen molar-refractivity contribution in [2.24, 2.45) is 0 Å². The first-order valence-electron chi connectivity index (χ1n) is 6.25. The summed E-state index contributed by atoms with van der Waals surface area (Å²) >= 11 is 1.79. The Morgan fingerprint density at radius 1 is 1.50 bits per heavy atom. The molecule has 2 rings (SSSR count). The van der Waals surface area contributed by atoms with Crippen molar-refractivity contribution in [1.29, 1.82) is 0 Å². The summed E-state index contributed by atoms with van der Waals surface area (Å²) in [5.41, 5.74) is 2.66. The van der Waals surface area contributed by atoms with Crippen molar-refractivity contribution < 1.29 is 9.90 Å². The number of hydrogen-bond acceptors (Lipinski definition) is 3. The lowest BCUT2D eigenvalue weighted by Crippen LogP contribution is -2.38. The van der Waals surface area contributed by atoms with E-state index in [1.165, 1.54) is 11.1 Å². The third-order valence-electron chi connectivity index (χ3n) is 3.28. The van der Waals surface area contributed by atoms with E-state index in [0.717, 1.165) is 25.4 Å². The number of nitrogens with zero attached hydrogens (tertiary/aromatic N) is 1. The van der Waals surface area contributed by atoms with E-state index >= 15 is 0 Å². The van der Waals surface area contributed by atoms with E-state index in [1.54, 1.807) is 11.8 Å². The summed E-state index contributed by atoms with van der Waals surface area (Å²) in [6, 6.07) is 8.40. The van der Waals surface area contributed by atoms with Gasteiger partial charge in [0.2, 0.25) is 0 Å². The zero-order valence-electron chi connectivity index (χ0n) is 10.6. The van der Waals surface area contributed by atoms with Crippen LogP contribution in [0, 0.1) is 6.92 Å². The molecule has 1 atom stereocenters. The molecule has 4 heteroatoms.